The van der Waals surface area contributed by atoms with Gasteiger partial charge in [-0.2, -0.15) is 0 Å². The Morgan fingerprint density at radius 2 is 1.69 bits per heavy atom. The zero-order valence-corrected chi connectivity index (χ0v) is 29.6. The Hall–Kier alpha value is -2.28. The molecular weight excluding hydrogens is 554 g/mol. The van der Waals surface area contributed by atoms with Gasteiger partial charge in [0, 0.05) is 44.3 Å². The first kappa shape index (κ1) is 34.1. The van der Waals surface area contributed by atoms with Crippen LogP contribution in [0.4, 0.5) is 0 Å². The molecule has 0 radical (unpaired) electrons. The van der Waals surface area contributed by atoms with Gasteiger partial charge in [0.05, 0.1) is 12.6 Å². The molecule has 1 aromatic carbocycles. The second kappa shape index (κ2) is 15.1. The van der Waals surface area contributed by atoms with Crippen LogP contribution in [0.25, 0.3) is 0 Å². The fourth-order valence-corrected chi connectivity index (χ4v) is 8.94. The quantitative estimate of drug-likeness (QED) is 0.258. The van der Waals surface area contributed by atoms with Crippen LogP contribution in [0.15, 0.2) is 35.3 Å². The number of nitrogens with two attached hydrogens (primary N) is 1. The summed E-state index contributed by atoms with van der Waals surface area (Å²) in [6, 6.07) is 12.7. The molecule has 0 unspecified atom stereocenters. The van der Waals surface area contributed by atoms with Crippen LogP contribution in [0, 0.1) is 28.6 Å². The monoisotopic (exact) mass is 620 g/mol. The average Bonchev–Trinajstić information content (AvgIpc) is 3.67. The van der Waals surface area contributed by atoms with Crippen LogP contribution in [-0.4, -0.2) is 95.0 Å². The highest BCUT2D eigenvalue weighted by Crippen LogP contribution is 2.40. The van der Waals surface area contributed by atoms with Crippen molar-refractivity contribution in [2.75, 3.05) is 39.3 Å². The molecule has 0 spiro atoms. The normalized spacial score (nSPS) is 28.9. The van der Waals surface area contributed by atoms with Crippen LogP contribution in [0.5, 0.6) is 0 Å². The van der Waals surface area contributed by atoms with Gasteiger partial charge in [0.15, 0.2) is 11.9 Å². The van der Waals surface area contributed by atoms with Crippen molar-refractivity contribution in [2.45, 2.75) is 130 Å². The van der Waals surface area contributed by atoms with E-state index >= 15 is 0 Å². The van der Waals surface area contributed by atoms with E-state index in [0.29, 0.717) is 35.4 Å². The second-order valence-electron chi connectivity index (χ2n) is 16.4. The maximum Gasteiger partial charge on any atom is 0.194 e. The van der Waals surface area contributed by atoms with Crippen molar-refractivity contribution in [3.05, 3.63) is 35.9 Å². The molecule has 3 N–H and O–H groups in total. The van der Waals surface area contributed by atoms with Crippen LogP contribution in [0.3, 0.4) is 0 Å². The van der Waals surface area contributed by atoms with Gasteiger partial charge in [-0.15, -0.1) is 0 Å². The van der Waals surface area contributed by atoms with Crippen LogP contribution in [0.2, 0.25) is 0 Å². The van der Waals surface area contributed by atoms with Gasteiger partial charge < -0.3 is 20.4 Å². The molecule has 0 amide bonds. The van der Waals surface area contributed by atoms with Crippen molar-refractivity contribution >= 4 is 11.9 Å². The topological polar surface area (TPSA) is 75.2 Å². The van der Waals surface area contributed by atoms with Crippen LogP contribution < -0.4 is 5.73 Å². The van der Waals surface area contributed by atoms with Crippen molar-refractivity contribution < 1.29 is 0 Å². The molecule has 1 aliphatic carbocycles. The molecule has 1 saturated carbocycles. The first-order valence-corrected chi connectivity index (χ1v) is 18.5. The Kier molecular flexibility index (Phi) is 11.4. The minimum atomic E-state index is 0.289. The summed E-state index contributed by atoms with van der Waals surface area (Å²) in [5.74, 6) is 3.72. The minimum absolute atomic E-state index is 0.289. The molecule has 3 fully saturated rings. The molecule has 45 heavy (non-hydrogen) atoms. The van der Waals surface area contributed by atoms with E-state index < -0.39 is 0 Å². The molecule has 0 bridgehead atoms. The standard InChI is InChI=1S/C38H65N7/c1-7-12-33-27-45(37(40)44(33)24-30-16-18-31(19-17-30)38(4,5)6)35(22-29-13-9-8-10-14-29)25-42-20-11-15-32(42)26-43-34(21-28(2)3)23-41-36(43)39/h8-10,13-14,28,30-35,40H,7,11-12,15-27H2,1-6H3,(H2,39,41)/t30?,31?,32-,33+,34+,35+/m0/s1. The number of aliphatic imine (C=N–C) groups is 1. The van der Waals surface area contributed by atoms with Crippen LogP contribution >= 0.6 is 0 Å². The smallest absolute Gasteiger partial charge is 0.194 e. The lowest BCUT2D eigenvalue weighted by molar-refractivity contribution is 0.134. The highest BCUT2D eigenvalue weighted by atomic mass is 15.5. The Morgan fingerprint density at radius 3 is 2.36 bits per heavy atom. The molecule has 1 aromatic rings. The zero-order chi connectivity index (χ0) is 32.1. The Labute approximate surface area is 275 Å². The summed E-state index contributed by atoms with van der Waals surface area (Å²) in [4.78, 5) is 14.9. The molecule has 7 heteroatoms. The predicted molar refractivity (Wildman–Crippen MR) is 190 cm³/mol. The number of nitrogens with one attached hydrogen (secondary N) is 1. The first-order chi connectivity index (χ1) is 21.5. The summed E-state index contributed by atoms with van der Waals surface area (Å²) in [5.41, 5.74) is 8.26. The lowest BCUT2D eigenvalue weighted by atomic mass is 9.70. The maximum absolute atomic E-state index is 9.64. The second-order valence-corrected chi connectivity index (χ2v) is 16.4. The number of benzene rings is 1. The fraction of sp³-hybridized carbons (Fsp3) is 0.789. The van der Waals surface area contributed by atoms with E-state index in [-0.39, 0.29) is 6.04 Å². The Bertz CT molecular complexity index is 1100. The van der Waals surface area contributed by atoms with E-state index in [2.05, 4.69) is 96.5 Å². The van der Waals surface area contributed by atoms with Crippen LogP contribution in [-0.2, 0) is 6.42 Å². The summed E-state index contributed by atoms with van der Waals surface area (Å²) in [6.07, 6.45) is 12.2. The molecule has 4 atom stereocenters. The predicted octanol–water partition coefficient (Wildman–Crippen LogP) is 6.68. The number of likely N-dealkylation sites (tertiary alicyclic amines) is 1. The largest absolute Gasteiger partial charge is 0.370 e. The summed E-state index contributed by atoms with van der Waals surface area (Å²) >= 11 is 0. The van der Waals surface area contributed by atoms with Gasteiger partial charge in [0.2, 0.25) is 0 Å². The highest BCUT2D eigenvalue weighted by molar-refractivity contribution is 5.80. The van der Waals surface area contributed by atoms with E-state index in [9.17, 15) is 5.41 Å². The summed E-state index contributed by atoms with van der Waals surface area (Å²) < 4.78 is 0. The lowest BCUT2D eigenvalue weighted by Gasteiger charge is -2.39. The van der Waals surface area contributed by atoms with Crippen LogP contribution in [0.1, 0.15) is 105 Å². The molecular formula is C38H65N7. The minimum Gasteiger partial charge on any atom is -0.370 e. The van der Waals surface area contributed by atoms with Gasteiger partial charge in [-0.1, -0.05) is 78.3 Å². The van der Waals surface area contributed by atoms with Crippen molar-refractivity contribution in [1.29, 1.82) is 5.41 Å². The average molecular weight is 620 g/mol. The van der Waals surface area contributed by atoms with Gasteiger partial charge in [-0.3, -0.25) is 15.3 Å². The van der Waals surface area contributed by atoms with E-state index in [0.717, 1.165) is 69.9 Å². The van der Waals surface area contributed by atoms with Gasteiger partial charge in [-0.25, -0.2) is 0 Å². The maximum atomic E-state index is 9.64. The van der Waals surface area contributed by atoms with Crippen molar-refractivity contribution in [1.82, 2.24) is 19.6 Å². The van der Waals surface area contributed by atoms with Crippen molar-refractivity contribution in [3.8, 4) is 0 Å². The van der Waals surface area contributed by atoms with Crippen molar-refractivity contribution in [3.63, 3.8) is 0 Å². The third-order valence-corrected chi connectivity index (χ3v) is 11.6. The summed E-state index contributed by atoms with van der Waals surface area (Å²) in [6.45, 7) is 20.2. The third kappa shape index (κ3) is 8.55. The van der Waals surface area contributed by atoms with E-state index in [4.69, 9.17) is 5.73 Å². The first-order valence-electron chi connectivity index (χ1n) is 18.5. The number of rotatable bonds is 13. The molecule has 252 valence electrons. The number of guanidine groups is 2. The molecule has 5 rings (SSSR count). The molecule has 0 aromatic heterocycles. The van der Waals surface area contributed by atoms with Gasteiger partial charge in [0.1, 0.15) is 0 Å². The van der Waals surface area contributed by atoms with Gasteiger partial charge in [0.25, 0.3) is 0 Å². The lowest BCUT2D eigenvalue weighted by Crippen LogP contribution is -2.52. The summed E-state index contributed by atoms with van der Waals surface area (Å²) in [5, 5.41) is 9.64. The Balaban J connectivity index is 1.30. The molecule has 7 nitrogen and oxygen atoms in total. The number of hydrogen-bond donors (Lipinski definition) is 2. The fourth-order valence-electron chi connectivity index (χ4n) is 8.94. The van der Waals surface area contributed by atoms with E-state index in [1.165, 1.54) is 56.9 Å². The van der Waals surface area contributed by atoms with Gasteiger partial charge in [-0.05, 0) is 93.1 Å². The third-order valence-electron chi connectivity index (χ3n) is 11.6. The molecule has 4 aliphatic rings. The molecule has 2 saturated heterocycles. The molecule has 3 heterocycles. The molecule has 3 aliphatic heterocycles. The summed E-state index contributed by atoms with van der Waals surface area (Å²) in [7, 11) is 0. The Morgan fingerprint density at radius 1 is 0.956 bits per heavy atom. The number of nitrogens with zero attached hydrogens (tertiary/aromatic N) is 5. The SMILES string of the molecule is CCC[C@@H]1CN([C@H](Cc2ccccc2)CN2CCC[C@H]2CN2C(N)=NC[C@H]2CC(C)C)C(=N)N1CC1CCC(C(C)(C)C)CC1. The van der Waals surface area contributed by atoms with Crippen molar-refractivity contribution in [2.24, 2.45) is 33.9 Å². The highest BCUT2D eigenvalue weighted by Gasteiger charge is 2.41. The zero-order valence-electron chi connectivity index (χ0n) is 29.6. The van der Waals surface area contributed by atoms with E-state index in [1.807, 2.05) is 0 Å². The van der Waals surface area contributed by atoms with Gasteiger partial charge >= 0.3 is 0 Å². The van der Waals surface area contributed by atoms with E-state index in [1.54, 1.807) is 0 Å². The number of hydrogen-bond acceptors (Lipinski definition) is 5.